The van der Waals surface area contributed by atoms with Crippen LogP contribution in [0.2, 0.25) is 0 Å². The zero-order chi connectivity index (χ0) is 18.0. The molecular formula is C15H13F3N2O3S. The SMILES string of the molecule is CC(CNC(=O)c1ncsc1C(F)(F)F)(C(=O)O)c1ccccc1. The quantitative estimate of drug-likeness (QED) is 0.861. The summed E-state index contributed by atoms with van der Waals surface area (Å²) in [5, 5.41) is 11.7. The lowest BCUT2D eigenvalue weighted by Crippen LogP contribution is -2.44. The molecule has 1 atom stereocenters. The van der Waals surface area contributed by atoms with Crippen molar-refractivity contribution in [2.75, 3.05) is 6.54 Å². The van der Waals surface area contributed by atoms with Crippen LogP contribution >= 0.6 is 11.3 Å². The molecule has 0 radical (unpaired) electrons. The number of thiazole rings is 1. The number of carboxylic acids is 1. The molecule has 1 unspecified atom stereocenters. The third-order valence-electron chi connectivity index (χ3n) is 3.53. The van der Waals surface area contributed by atoms with Gasteiger partial charge in [0, 0.05) is 6.54 Å². The molecule has 0 aliphatic rings. The van der Waals surface area contributed by atoms with Crippen LogP contribution in [0.5, 0.6) is 0 Å². The molecule has 9 heteroatoms. The fourth-order valence-corrected chi connectivity index (χ4v) is 2.71. The predicted octanol–water partition coefficient (Wildman–Crippen LogP) is 2.93. The molecule has 1 heterocycles. The van der Waals surface area contributed by atoms with Crippen LogP contribution in [0.15, 0.2) is 35.8 Å². The molecule has 5 nitrogen and oxygen atoms in total. The van der Waals surface area contributed by atoms with Gasteiger partial charge >= 0.3 is 12.1 Å². The largest absolute Gasteiger partial charge is 0.481 e. The molecule has 2 N–H and O–H groups in total. The van der Waals surface area contributed by atoms with E-state index in [1.54, 1.807) is 30.3 Å². The van der Waals surface area contributed by atoms with Crippen LogP contribution in [0, 0.1) is 0 Å². The Hall–Kier alpha value is -2.42. The van der Waals surface area contributed by atoms with Gasteiger partial charge in [0.1, 0.15) is 10.3 Å². The van der Waals surface area contributed by atoms with Gasteiger partial charge in [0.2, 0.25) is 0 Å². The average molecular weight is 358 g/mol. The Balaban J connectivity index is 2.21. The van der Waals surface area contributed by atoms with Gasteiger partial charge in [-0.1, -0.05) is 30.3 Å². The average Bonchev–Trinajstić information content (AvgIpc) is 3.03. The van der Waals surface area contributed by atoms with Crippen LogP contribution in [-0.2, 0) is 16.4 Å². The van der Waals surface area contributed by atoms with Gasteiger partial charge in [0.05, 0.1) is 5.51 Å². The third kappa shape index (κ3) is 3.56. The first-order valence-corrected chi connectivity index (χ1v) is 7.62. The van der Waals surface area contributed by atoms with E-state index in [1.807, 2.05) is 0 Å². The van der Waals surface area contributed by atoms with E-state index in [0.29, 0.717) is 16.9 Å². The molecule has 0 fully saturated rings. The van der Waals surface area contributed by atoms with Crippen molar-refractivity contribution in [1.29, 1.82) is 0 Å². The molecule has 0 aliphatic heterocycles. The Kier molecular flexibility index (Phi) is 4.93. The standard InChI is InChI=1S/C15H13F3N2O3S/c1-14(13(22)23,9-5-3-2-4-6-9)7-19-12(21)10-11(15(16,17)18)24-8-20-10/h2-6,8H,7H2,1H3,(H,19,21)(H,22,23). The second kappa shape index (κ2) is 6.60. The van der Waals surface area contributed by atoms with Crippen molar-refractivity contribution in [2.45, 2.75) is 18.5 Å². The molecule has 0 spiro atoms. The zero-order valence-electron chi connectivity index (χ0n) is 12.4. The Bertz CT molecular complexity index is 746. The van der Waals surface area contributed by atoms with Crippen LogP contribution in [0.1, 0.15) is 27.9 Å². The van der Waals surface area contributed by atoms with E-state index < -0.39 is 34.0 Å². The van der Waals surface area contributed by atoms with E-state index in [2.05, 4.69) is 10.3 Å². The summed E-state index contributed by atoms with van der Waals surface area (Å²) in [5.74, 6) is -2.27. The summed E-state index contributed by atoms with van der Waals surface area (Å²) in [6, 6.07) is 8.13. The molecule has 1 aromatic carbocycles. The number of benzene rings is 1. The Labute approximate surface area is 139 Å². The highest BCUT2D eigenvalue weighted by Gasteiger charge is 2.39. The number of nitrogens with one attached hydrogen (secondary N) is 1. The molecule has 0 saturated heterocycles. The molecule has 24 heavy (non-hydrogen) atoms. The number of carbonyl (C=O) groups excluding carboxylic acids is 1. The maximum absolute atomic E-state index is 12.8. The van der Waals surface area contributed by atoms with Crippen LogP contribution < -0.4 is 5.32 Å². The molecule has 0 bridgehead atoms. The number of halogens is 3. The van der Waals surface area contributed by atoms with Crippen LogP contribution in [0.4, 0.5) is 13.2 Å². The molecule has 0 aliphatic carbocycles. The number of aromatic nitrogens is 1. The zero-order valence-corrected chi connectivity index (χ0v) is 13.2. The van der Waals surface area contributed by atoms with E-state index in [-0.39, 0.29) is 6.54 Å². The smallest absolute Gasteiger partial charge is 0.427 e. The first-order chi connectivity index (χ1) is 11.2. The first-order valence-electron chi connectivity index (χ1n) is 6.74. The van der Waals surface area contributed by atoms with Crippen LogP contribution in [0.3, 0.4) is 0 Å². The van der Waals surface area contributed by atoms with Gasteiger partial charge in [0.15, 0.2) is 5.69 Å². The van der Waals surface area contributed by atoms with Crippen molar-refractivity contribution in [3.05, 3.63) is 52.0 Å². The fourth-order valence-electron chi connectivity index (χ4n) is 2.06. The van der Waals surface area contributed by atoms with E-state index >= 15 is 0 Å². The van der Waals surface area contributed by atoms with Gasteiger partial charge < -0.3 is 10.4 Å². The topological polar surface area (TPSA) is 79.3 Å². The minimum absolute atomic E-state index is 0.308. The van der Waals surface area contributed by atoms with E-state index in [0.717, 1.165) is 5.51 Å². The van der Waals surface area contributed by atoms with Crippen molar-refractivity contribution in [1.82, 2.24) is 10.3 Å². The molecule has 1 amide bonds. The molecule has 0 saturated carbocycles. The number of alkyl halides is 3. The highest BCUT2D eigenvalue weighted by atomic mass is 32.1. The Morgan fingerprint density at radius 3 is 2.42 bits per heavy atom. The summed E-state index contributed by atoms with van der Waals surface area (Å²) >= 11 is 0.308. The molecule has 2 aromatic rings. The normalized spacial score (nSPS) is 14.0. The summed E-state index contributed by atoms with van der Waals surface area (Å²) in [6.07, 6.45) is -4.69. The minimum Gasteiger partial charge on any atom is -0.481 e. The van der Waals surface area contributed by atoms with Crippen LogP contribution in [0.25, 0.3) is 0 Å². The number of carbonyl (C=O) groups is 2. The van der Waals surface area contributed by atoms with E-state index in [9.17, 15) is 27.9 Å². The molecule has 128 valence electrons. The third-order valence-corrected chi connectivity index (χ3v) is 4.40. The van der Waals surface area contributed by atoms with Crippen molar-refractivity contribution in [3.8, 4) is 0 Å². The number of aliphatic carboxylic acids is 1. The second-order valence-corrected chi connectivity index (χ2v) is 6.07. The maximum atomic E-state index is 12.8. The van der Waals surface area contributed by atoms with Gasteiger partial charge in [-0.05, 0) is 12.5 Å². The number of rotatable bonds is 5. The minimum atomic E-state index is -4.69. The number of nitrogens with zero attached hydrogens (tertiary/aromatic N) is 1. The van der Waals surface area contributed by atoms with Gasteiger partial charge in [-0.25, -0.2) is 4.98 Å². The van der Waals surface area contributed by atoms with Gasteiger partial charge in [-0.2, -0.15) is 13.2 Å². The maximum Gasteiger partial charge on any atom is 0.427 e. The summed E-state index contributed by atoms with van der Waals surface area (Å²) < 4.78 is 38.4. The fraction of sp³-hybridized carbons (Fsp3) is 0.267. The summed E-state index contributed by atoms with van der Waals surface area (Å²) in [4.78, 5) is 25.9. The lowest BCUT2D eigenvalue weighted by molar-refractivity contribution is -0.143. The number of hydrogen-bond donors (Lipinski definition) is 2. The van der Waals surface area contributed by atoms with E-state index in [1.165, 1.54) is 6.92 Å². The predicted molar refractivity (Wildman–Crippen MR) is 80.9 cm³/mol. The summed E-state index contributed by atoms with van der Waals surface area (Å²) in [6.45, 7) is 1.01. The Morgan fingerprint density at radius 1 is 1.25 bits per heavy atom. The molecule has 2 rings (SSSR count). The highest BCUT2D eigenvalue weighted by molar-refractivity contribution is 7.10. The molecule has 1 aromatic heterocycles. The molecular weight excluding hydrogens is 345 g/mol. The lowest BCUT2D eigenvalue weighted by atomic mass is 9.82. The monoisotopic (exact) mass is 358 g/mol. The van der Waals surface area contributed by atoms with E-state index in [4.69, 9.17) is 0 Å². The van der Waals surface area contributed by atoms with Crippen LogP contribution in [-0.4, -0.2) is 28.5 Å². The highest BCUT2D eigenvalue weighted by Crippen LogP contribution is 2.34. The van der Waals surface area contributed by atoms with Gasteiger partial charge in [0.25, 0.3) is 5.91 Å². The second-order valence-electron chi connectivity index (χ2n) is 5.21. The van der Waals surface area contributed by atoms with Crippen molar-refractivity contribution >= 4 is 23.2 Å². The number of hydrogen-bond acceptors (Lipinski definition) is 4. The first kappa shape index (κ1) is 17.9. The summed E-state index contributed by atoms with van der Waals surface area (Å²) in [7, 11) is 0. The van der Waals surface area contributed by atoms with Crippen molar-refractivity contribution in [2.24, 2.45) is 0 Å². The summed E-state index contributed by atoms with van der Waals surface area (Å²) in [5.41, 5.74) is -0.892. The van der Waals surface area contributed by atoms with Gasteiger partial charge in [-0.15, -0.1) is 11.3 Å². The Morgan fingerprint density at radius 2 is 1.88 bits per heavy atom. The lowest BCUT2D eigenvalue weighted by Gasteiger charge is -2.25. The van der Waals surface area contributed by atoms with Crippen molar-refractivity contribution in [3.63, 3.8) is 0 Å². The number of amides is 1. The van der Waals surface area contributed by atoms with Gasteiger partial charge in [-0.3, -0.25) is 9.59 Å². The van der Waals surface area contributed by atoms with Crippen molar-refractivity contribution < 1.29 is 27.9 Å². The number of carboxylic acid groups (broad SMARTS) is 1.